The Labute approximate surface area is 188 Å². The Morgan fingerprint density at radius 1 is 1.24 bits per heavy atom. The Hall–Kier alpha value is -3.43. The molecule has 0 radical (unpaired) electrons. The molecule has 2 aliphatic rings. The fraction of sp³-hybridized carbons (Fsp3) is 0.391. The van der Waals surface area contributed by atoms with Crippen LogP contribution in [0.3, 0.4) is 0 Å². The molecule has 7 nitrogen and oxygen atoms in total. The number of alkyl halides is 3. The molecule has 5 rings (SSSR count). The van der Waals surface area contributed by atoms with Crippen LogP contribution in [0.1, 0.15) is 49.1 Å². The topological polar surface area (TPSA) is 80.2 Å². The molecule has 1 N–H and O–H groups in total. The number of halogens is 3. The van der Waals surface area contributed by atoms with Crippen molar-refractivity contribution in [3.63, 3.8) is 0 Å². The minimum atomic E-state index is -4.52. The van der Waals surface area contributed by atoms with Crippen LogP contribution in [0, 0.1) is 0 Å². The number of carbonyl (C=O) groups excluding carboxylic acids is 1. The number of amides is 1. The predicted molar refractivity (Wildman–Crippen MR) is 116 cm³/mol. The lowest BCUT2D eigenvalue weighted by Gasteiger charge is -2.18. The van der Waals surface area contributed by atoms with Gasteiger partial charge < -0.3 is 10.1 Å². The van der Waals surface area contributed by atoms with Gasteiger partial charge in [-0.05, 0) is 25.0 Å². The highest BCUT2D eigenvalue weighted by atomic mass is 19.4. The Morgan fingerprint density at radius 2 is 2.09 bits per heavy atom. The van der Waals surface area contributed by atoms with Crippen molar-refractivity contribution in [2.75, 3.05) is 23.4 Å². The molecule has 33 heavy (non-hydrogen) atoms. The fourth-order valence-electron chi connectivity index (χ4n) is 4.20. The lowest BCUT2D eigenvalue weighted by atomic mass is 10.1. The monoisotopic (exact) mass is 457 g/mol. The van der Waals surface area contributed by atoms with Gasteiger partial charge in [0.2, 0.25) is 5.91 Å². The van der Waals surface area contributed by atoms with Gasteiger partial charge in [0, 0.05) is 36.4 Å². The van der Waals surface area contributed by atoms with Crippen LogP contribution in [0.25, 0.3) is 10.9 Å². The molecule has 0 spiro atoms. The number of nitrogens with zero attached hydrogens (tertiary/aromatic N) is 4. The van der Waals surface area contributed by atoms with Crippen LogP contribution in [0.4, 0.5) is 24.8 Å². The van der Waals surface area contributed by atoms with Gasteiger partial charge in [0.25, 0.3) is 0 Å². The molecule has 1 unspecified atom stereocenters. The minimum absolute atomic E-state index is 0.0131. The number of pyridine rings is 1. The number of carbonyl (C=O) groups is 1. The number of nitrogens with one attached hydrogen (secondary N) is 1. The molecule has 2 aromatic heterocycles. The second kappa shape index (κ2) is 8.17. The first-order chi connectivity index (χ1) is 15.8. The number of para-hydroxylation sites is 1. The zero-order valence-corrected chi connectivity index (χ0v) is 17.9. The van der Waals surface area contributed by atoms with Crippen LogP contribution in [0.15, 0.2) is 30.5 Å². The Kier molecular flexibility index (Phi) is 5.30. The molecular formula is C23H22F3N5O2. The third-order valence-corrected chi connectivity index (χ3v) is 6.02. The van der Waals surface area contributed by atoms with Crippen molar-refractivity contribution in [2.24, 2.45) is 0 Å². The minimum Gasteiger partial charge on any atom is -0.493 e. The summed E-state index contributed by atoms with van der Waals surface area (Å²) in [5.41, 5.74) is 0.196. The first-order valence-electron chi connectivity index (χ1n) is 10.8. The van der Waals surface area contributed by atoms with Crippen molar-refractivity contribution >= 4 is 28.4 Å². The maximum Gasteiger partial charge on any atom is 0.419 e. The molecule has 1 fully saturated rings. The number of rotatable bonds is 1. The third-order valence-electron chi connectivity index (χ3n) is 6.02. The number of hydrogen-bond acceptors (Lipinski definition) is 6. The average molecular weight is 457 g/mol. The summed E-state index contributed by atoms with van der Waals surface area (Å²) in [6.07, 6.45) is -1.20. The molecule has 2 bridgehead atoms. The summed E-state index contributed by atoms with van der Waals surface area (Å²) >= 11 is 0. The number of anilines is 2. The van der Waals surface area contributed by atoms with Crippen molar-refractivity contribution in [3.05, 3.63) is 47.4 Å². The Morgan fingerprint density at radius 3 is 2.85 bits per heavy atom. The molecule has 1 amide bonds. The summed E-state index contributed by atoms with van der Waals surface area (Å²) in [6.45, 7) is 2.69. The number of fused-ring (bicyclic) bond motifs is 5. The van der Waals surface area contributed by atoms with Gasteiger partial charge in [-0.2, -0.15) is 13.2 Å². The van der Waals surface area contributed by atoms with E-state index in [-0.39, 0.29) is 30.7 Å². The van der Waals surface area contributed by atoms with E-state index in [9.17, 15) is 18.0 Å². The molecule has 4 heterocycles. The molecule has 1 aromatic carbocycles. The maximum absolute atomic E-state index is 13.6. The molecule has 2 aliphatic heterocycles. The van der Waals surface area contributed by atoms with E-state index in [1.54, 1.807) is 23.2 Å². The normalized spacial score (nSPS) is 19.0. The lowest BCUT2D eigenvalue weighted by molar-refractivity contribution is -0.139. The highest BCUT2D eigenvalue weighted by Gasteiger charge is 2.35. The number of benzene rings is 1. The highest BCUT2D eigenvalue weighted by molar-refractivity contribution is 5.97. The Balaban J connectivity index is 1.60. The van der Waals surface area contributed by atoms with Crippen LogP contribution < -0.4 is 15.0 Å². The lowest BCUT2D eigenvalue weighted by Crippen LogP contribution is -2.24. The van der Waals surface area contributed by atoms with E-state index in [4.69, 9.17) is 4.74 Å². The van der Waals surface area contributed by atoms with E-state index in [2.05, 4.69) is 20.3 Å². The second-order valence-corrected chi connectivity index (χ2v) is 8.32. The first-order valence-corrected chi connectivity index (χ1v) is 10.8. The number of ether oxygens (including phenoxy) is 1. The highest BCUT2D eigenvalue weighted by Crippen LogP contribution is 2.39. The molecule has 1 atom stereocenters. The summed E-state index contributed by atoms with van der Waals surface area (Å²) < 4.78 is 46.5. The fourth-order valence-corrected chi connectivity index (χ4v) is 4.20. The van der Waals surface area contributed by atoms with Crippen molar-refractivity contribution in [1.82, 2.24) is 15.0 Å². The van der Waals surface area contributed by atoms with Gasteiger partial charge in [-0.25, -0.2) is 15.0 Å². The summed E-state index contributed by atoms with van der Waals surface area (Å²) in [4.78, 5) is 27.6. The predicted octanol–water partition coefficient (Wildman–Crippen LogP) is 4.67. The van der Waals surface area contributed by atoms with Gasteiger partial charge in [0.05, 0.1) is 23.9 Å². The van der Waals surface area contributed by atoms with Crippen molar-refractivity contribution < 1.29 is 22.7 Å². The SMILES string of the molecule is CC1CCOc2c(cccc2C(F)(F)F)CNc2nc1nc1cnc(N3CCCC3=O)cc21. The van der Waals surface area contributed by atoms with Gasteiger partial charge in [0.15, 0.2) is 0 Å². The summed E-state index contributed by atoms with van der Waals surface area (Å²) in [6, 6.07) is 5.78. The zero-order chi connectivity index (χ0) is 23.2. The van der Waals surface area contributed by atoms with E-state index in [0.29, 0.717) is 53.3 Å². The van der Waals surface area contributed by atoms with Crippen molar-refractivity contribution in [3.8, 4) is 5.75 Å². The van der Waals surface area contributed by atoms with E-state index in [1.807, 2.05) is 6.92 Å². The van der Waals surface area contributed by atoms with Crippen LogP contribution in [0.2, 0.25) is 0 Å². The van der Waals surface area contributed by atoms with Crippen LogP contribution >= 0.6 is 0 Å². The third kappa shape index (κ3) is 4.05. The maximum atomic E-state index is 13.6. The molecule has 0 aliphatic carbocycles. The average Bonchev–Trinajstić information content (AvgIpc) is 3.21. The van der Waals surface area contributed by atoms with Gasteiger partial charge >= 0.3 is 6.18 Å². The molecular weight excluding hydrogens is 435 g/mol. The molecule has 0 saturated carbocycles. The number of aromatic nitrogens is 3. The first kappa shape index (κ1) is 21.4. The summed E-state index contributed by atoms with van der Waals surface area (Å²) in [5.74, 6) is 1.27. The van der Waals surface area contributed by atoms with Gasteiger partial charge in [0.1, 0.15) is 23.2 Å². The van der Waals surface area contributed by atoms with E-state index < -0.39 is 11.7 Å². The molecule has 3 aromatic rings. The quantitative estimate of drug-likeness (QED) is 0.572. The van der Waals surface area contributed by atoms with Crippen LogP contribution in [0.5, 0.6) is 5.75 Å². The van der Waals surface area contributed by atoms with Crippen molar-refractivity contribution in [1.29, 1.82) is 0 Å². The standard InChI is InChI=1S/C23H22F3N5O2/c1-13-7-9-33-20-14(4-2-5-16(20)23(24,25)26)11-28-22-15-10-18(31-8-3-6-19(31)32)27-12-17(15)29-21(13)30-22/h2,4-5,10,12-13H,3,6-9,11H2,1H3,(H,28,29,30). The molecule has 172 valence electrons. The number of hydrogen-bond donors (Lipinski definition) is 1. The zero-order valence-electron chi connectivity index (χ0n) is 17.9. The van der Waals surface area contributed by atoms with E-state index in [0.717, 1.165) is 12.5 Å². The van der Waals surface area contributed by atoms with E-state index >= 15 is 0 Å². The van der Waals surface area contributed by atoms with Gasteiger partial charge in [-0.1, -0.05) is 19.1 Å². The Bertz CT molecular complexity index is 1230. The molecule has 1 saturated heterocycles. The summed E-state index contributed by atoms with van der Waals surface area (Å²) in [5, 5.41) is 3.84. The summed E-state index contributed by atoms with van der Waals surface area (Å²) in [7, 11) is 0. The van der Waals surface area contributed by atoms with E-state index in [1.165, 1.54) is 6.07 Å². The van der Waals surface area contributed by atoms with Crippen LogP contribution in [-0.2, 0) is 17.5 Å². The van der Waals surface area contributed by atoms with Crippen molar-refractivity contribution in [2.45, 2.75) is 44.8 Å². The van der Waals surface area contributed by atoms with Gasteiger partial charge in [-0.3, -0.25) is 9.69 Å². The molecule has 10 heteroatoms. The second-order valence-electron chi connectivity index (χ2n) is 8.32. The smallest absolute Gasteiger partial charge is 0.419 e. The van der Waals surface area contributed by atoms with Gasteiger partial charge in [-0.15, -0.1) is 0 Å². The van der Waals surface area contributed by atoms with Crippen LogP contribution in [-0.4, -0.2) is 34.0 Å². The largest absolute Gasteiger partial charge is 0.493 e.